The van der Waals surface area contributed by atoms with Gasteiger partial charge in [-0.25, -0.2) is 28.2 Å². The Morgan fingerprint density at radius 2 is 0.487 bits per heavy atom. The van der Waals surface area contributed by atoms with Gasteiger partial charge in [0, 0.05) is 113 Å². The summed E-state index contributed by atoms with van der Waals surface area (Å²) in [6, 6.07) is 34.8. The average molecular weight is 1020 g/mol. The lowest BCUT2D eigenvalue weighted by Crippen LogP contribution is -2.32. The molecule has 8 nitrogen and oxygen atoms in total. The molecule has 7 aromatic heterocycles. The van der Waals surface area contributed by atoms with E-state index in [2.05, 4.69) is 199 Å². The molecule has 0 atom stereocenters. The number of nitrogens with one attached hydrogen (secondary N) is 2. The van der Waals surface area contributed by atoms with E-state index in [-0.39, 0.29) is 0 Å². The van der Waals surface area contributed by atoms with Crippen molar-refractivity contribution in [3.63, 3.8) is 0 Å². The van der Waals surface area contributed by atoms with E-state index in [1.165, 1.54) is 147 Å². The van der Waals surface area contributed by atoms with Gasteiger partial charge in [-0.05, 0) is 131 Å². The summed E-state index contributed by atoms with van der Waals surface area (Å²) in [4.78, 5) is 19.3. The fourth-order valence-electron chi connectivity index (χ4n) is 11.3. The van der Waals surface area contributed by atoms with Crippen LogP contribution >= 0.6 is 0 Å². The first-order valence-electron chi connectivity index (χ1n) is 29.6. The molecule has 8 bridgehead atoms. The molecule has 394 valence electrons. The van der Waals surface area contributed by atoms with E-state index in [0.717, 1.165) is 100 Å². The molecule has 0 spiro atoms. The summed E-state index contributed by atoms with van der Waals surface area (Å²) in [5.74, 6) is 0. The van der Waals surface area contributed by atoms with Gasteiger partial charge in [0.05, 0.1) is 22.8 Å². The number of nitrogens with zero attached hydrogens (tertiary/aromatic N) is 6. The van der Waals surface area contributed by atoms with E-state index in [9.17, 15) is 0 Å². The fourth-order valence-corrected chi connectivity index (χ4v) is 11.3. The topological polar surface area (TPSA) is 72.9 Å². The molecule has 0 amide bonds. The van der Waals surface area contributed by atoms with Crippen molar-refractivity contribution in [1.82, 2.24) is 19.9 Å². The molecule has 0 fully saturated rings. The van der Waals surface area contributed by atoms with Crippen LogP contribution in [0.25, 0.3) is 46.4 Å². The smallest absolute Gasteiger partial charge is 0.168 e. The first-order chi connectivity index (χ1) is 37.7. The van der Waals surface area contributed by atoms with Gasteiger partial charge in [-0.15, -0.1) is 0 Å². The fraction of sp³-hybridized carbons (Fsp3) is 0.412. The Balaban J connectivity index is 0.992. The molecule has 0 radical (unpaired) electrons. The second-order valence-corrected chi connectivity index (χ2v) is 21.4. The third kappa shape index (κ3) is 16.6. The summed E-state index contributed by atoms with van der Waals surface area (Å²) in [7, 11) is 0. The van der Waals surface area contributed by atoms with Crippen LogP contribution in [0.1, 0.15) is 173 Å². The number of aryl methyl sites for hydroxylation is 7. The number of unbranched alkanes of at least 4 members (excludes halogenated alkanes) is 16. The van der Waals surface area contributed by atoms with Crippen molar-refractivity contribution < 1.29 is 18.3 Å². The Labute approximate surface area is 454 Å². The Bertz CT molecular complexity index is 2890. The highest BCUT2D eigenvalue weighted by molar-refractivity contribution is 5.83. The van der Waals surface area contributed by atoms with Gasteiger partial charge in [-0.1, -0.05) is 75.6 Å². The Morgan fingerprint density at radius 3 is 0.803 bits per heavy atom. The van der Waals surface area contributed by atoms with Crippen LogP contribution in [-0.2, 0) is 51.9 Å². The van der Waals surface area contributed by atoms with Gasteiger partial charge in [-0.3, -0.25) is 0 Å². The third-order valence-corrected chi connectivity index (χ3v) is 15.7. The highest BCUT2D eigenvalue weighted by Gasteiger charge is 2.18. The zero-order valence-corrected chi connectivity index (χ0v) is 45.6. The van der Waals surface area contributed by atoms with Crippen molar-refractivity contribution in [3.8, 4) is 0 Å². The van der Waals surface area contributed by atoms with Crippen LogP contribution in [0.3, 0.4) is 0 Å². The summed E-state index contributed by atoms with van der Waals surface area (Å²) in [6.07, 6.45) is 54.9. The minimum absolute atomic E-state index is 0.969. The lowest BCUT2D eigenvalue weighted by Gasteiger charge is -2.07. The minimum atomic E-state index is 0.969. The van der Waals surface area contributed by atoms with E-state index in [0.29, 0.717) is 0 Å². The van der Waals surface area contributed by atoms with Crippen molar-refractivity contribution in [2.75, 3.05) is 0 Å². The van der Waals surface area contributed by atoms with Crippen molar-refractivity contribution in [1.29, 1.82) is 0 Å². The number of rotatable bonds is 32. The van der Waals surface area contributed by atoms with Crippen LogP contribution in [0.4, 0.5) is 0 Å². The Hall–Kier alpha value is -6.80. The molecule has 9 heterocycles. The molecule has 7 aromatic rings. The van der Waals surface area contributed by atoms with Gasteiger partial charge in [0.15, 0.2) is 49.6 Å². The second kappa shape index (κ2) is 30.1. The SMILES string of the molecule is C1=Cc2nc1c(CCCCCCC[n+]1ccccc1)c1nc(c(CCCCCCC[n+]3ccccc3)c3ccc([nH]3)c(CCCCCCC[n+]3ccccc3)c3ccc([nH]3)c2CCCCCCC[n+]2ccccc2)C=C1. The monoisotopic (exact) mass is 1010 g/mol. The lowest BCUT2D eigenvalue weighted by atomic mass is 10.0. The van der Waals surface area contributed by atoms with Crippen LogP contribution in [0.15, 0.2) is 147 Å². The zero-order chi connectivity index (χ0) is 51.7. The van der Waals surface area contributed by atoms with Gasteiger partial charge in [-0.2, -0.15) is 0 Å². The number of hydrogen-bond acceptors (Lipinski definition) is 2. The van der Waals surface area contributed by atoms with E-state index in [1.807, 2.05) is 0 Å². The van der Waals surface area contributed by atoms with Crippen LogP contribution in [0, 0.1) is 0 Å². The highest BCUT2D eigenvalue weighted by atomic mass is 14.9. The van der Waals surface area contributed by atoms with Crippen LogP contribution in [-0.4, -0.2) is 19.9 Å². The standard InChI is InChI=1S/C68H86N8/c1(9-21-45-73-49-25-13-26-50-73)5-17-33-57-61-37-39-63(69-61)58(34-18-6-2-10-22-46-74-51-27-14-28-52-74)65-41-43-67(71-65)60(36-20-8-4-12-24-48-76-55-31-16-32-56-76)68-44-42-66(72-68)59(64-40-38-62(57)70-64)35-19-7-3-11-23-47-75-53-29-15-30-54-75/h13-16,25-32,37-44,49-56,69-70H,1-12,17-24,33-36,45-48H2/q+4. The number of aromatic nitrogens is 8. The van der Waals surface area contributed by atoms with Crippen LogP contribution < -0.4 is 18.3 Å². The maximum atomic E-state index is 5.59. The number of pyridine rings is 4. The molecule has 0 unspecified atom stereocenters. The molecule has 0 saturated heterocycles. The maximum absolute atomic E-state index is 5.59. The third-order valence-electron chi connectivity index (χ3n) is 15.7. The molecule has 0 aromatic carbocycles. The molecule has 76 heavy (non-hydrogen) atoms. The zero-order valence-electron chi connectivity index (χ0n) is 45.6. The summed E-state index contributed by atoms with van der Waals surface area (Å²) in [5.41, 5.74) is 14.5. The Morgan fingerprint density at radius 1 is 0.250 bits per heavy atom. The minimum Gasteiger partial charge on any atom is -0.355 e. The van der Waals surface area contributed by atoms with Crippen molar-refractivity contribution >= 4 is 46.4 Å². The first-order valence-corrected chi connectivity index (χ1v) is 29.6. The Kier molecular flexibility index (Phi) is 21.4. The number of hydrogen-bond donors (Lipinski definition) is 2. The summed E-state index contributed by atoms with van der Waals surface area (Å²) in [5, 5.41) is 0. The quantitative estimate of drug-likeness (QED) is 0.0326. The molecule has 0 aliphatic carbocycles. The normalized spacial score (nSPS) is 12.0. The number of aromatic amines is 2. The predicted molar refractivity (Wildman–Crippen MR) is 313 cm³/mol. The molecule has 9 rings (SSSR count). The van der Waals surface area contributed by atoms with Gasteiger partial charge in [0.2, 0.25) is 0 Å². The van der Waals surface area contributed by atoms with E-state index >= 15 is 0 Å². The summed E-state index contributed by atoms with van der Waals surface area (Å²) >= 11 is 0. The molecule has 8 heteroatoms. The average Bonchev–Trinajstić information content (AvgIpc) is 4.34. The van der Waals surface area contributed by atoms with E-state index in [4.69, 9.17) is 9.97 Å². The maximum Gasteiger partial charge on any atom is 0.168 e. The van der Waals surface area contributed by atoms with Gasteiger partial charge >= 0.3 is 0 Å². The van der Waals surface area contributed by atoms with Gasteiger partial charge in [0.25, 0.3) is 0 Å². The molecule has 2 aliphatic rings. The molecule has 2 N–H and O–H groups in total. The van der Waals surface area contributed by atoms with Gasteiger partial charge < -0.3 is 9.97 Å². The van der Waals surface area contributed by atoms with E-state index < -0.39 is 0 Å². The predicted octanol–water partition coefficient (Wildman–Crippen LogP) is 14.6. The summed E-state index contributed by atoms with van der Waals surface area (Å²) < 4.78 is 9.22. The number of fused-ring (bicyclic) bond motifs is 8. The van der Waals surface area contributed by atoms with Crippen molar-refractivity contribution in [2.45, 2.75) is 180 Å². The van der Waals surface area contributed by atoms with Gasteiger partial charge in [0.1, 0.15) is 26.2 Å². The molecule has 2 aliphatic heterocycles. The highest BCUT2D eigenvalue weighted by Crippen LogP contribution is 2.30. The molecular weight excluding hydrogens is 929 g/mol. The second-order valence-electron chi connectivity index (χ2n) is 21.4. The van der Waals surface area contributed by atoms with Crippen molar-refractivity contribution in [3.05, 3.63) is 192 Å². The van der Waals surface area contributed by atoms with Crippen LogP contribution in [0.2, 0.25) is 0 Å². The van der Waals surface area contributed by atoms with Crippen LogP contribution in [0.5, 0.6) is 0 Å². The number of H-pyrrole nitrogens is 2. The first kappa shape index (κ1) is 54.0. The largest absolute Gasteiger partial charge is 0.355 e. The lowest BCUT2D eigenvalue weighted by molar-refractivity contribution is -0.697. The molecule has 0 saturated carbocycles. The molecular formula is C68H86N8+4. The van der Waals surface area contributed by atoms with Crippen molar-refractivity contribution in [2.24, 2.45) is 0 Å². The summed E-state index contributed by atoms with van der Waals surface area (Å²) in [6.45, 7) is 4.33. The van der Waals surface area contributed by atoms with E-state index in [1.54, 1.807) is 0 Å².